The summed E-state index contributed by atoms with van der Waals surface area (Å²) >= 11 is 7.27. The Morgan fingerprint density at radius 1 is 1.27 bits per heavy atom. The molecule has 0 saturated carbocycles. The summed E-state index contributed by atoms with van der Waals surface area (Å²) in [6.45, 7) is 1.48. The van der Waals surface area contributed by atoms with Crippen molar-refractivity contribution in [1.29, 1.82) is 0 Å². The number of esters is 1. The number of nitrogens with one attached hydrogen (secondary N) is 2. The highest BCUT2D eigenvalue weighted by Gasteiger charge is 2.21. The second kappa shape index (κ2) is 7.80. The second-order valence-corrected chi connectivity index (χ2v) is 7.05. The van der Waals surface area contributed by atoms with E-state index in [2.05, 4.69) is 10.6 Å². The third-order valence-electron chi connectivity index (χ3n) is 3.59. The molecule has 0 spiro atoms. The van der Waals surface area contributed by atoms with E-state index in [4.69, 9.17) is 16.3 Å². The van der Waals surface area contributed by atoms with Gasteiger partial charge in [0.15, 0.2) is 6.10 Å². The Balaban J connectivity index is 1.64. The topological polar surface area (TPSA) is 84.5 Å². The van der Waals surface area contributed by atoms with Crippen LogP contribution in [0.2, 0.25) is 5.02 Å². The minimum atomic E-state index is -0.999. The first kappa shape index (κ1) is 18.3. The number of rotatable bonds is 4. The predicted octanol–water partition coefficient (Wildman–Crippen LogP) is 3.57. The zero-order valence-corrected chi connectivity index (χ0v) is 15.3. The van der Waals surface area contributed by atoms with Crippen molar-refractivity contribution >= 4 is 52.5 Å². The Labute approximate surface area is 159 Å². The minimum Gasteiger partial charge on any atom is -0.449 e. The molecule has 1 aliphatic rings. The van der Waals surface area contributed by atoms with Crippen molar-refractivity contribution in [3.8, 4) is 0 Å². The van der Waals surface area contributed by atoms with Gasteiger partial charge >= 0.3 is 5.97 Å². The lowest BCUT2D eigenvalue weighted by atomic mass is 10.2. The number of hydrogen-bond donors (Lipinski definition) is 2. The average Bonchev–Trinajstić information content (AvgIpc) is 2.60. The molecule has 134 valence electrons. The number of ether oxygens (including phenoxy) is 1. The molecule has 2 amide bonds. The molecule has 6 nitrogen and oxygen atoms in total. The number of amides is 2. The molecule has 0 bridgehead atoms. The molecule has 0 saturated heterocycles. The van der Waals surface area contributed by atoms with Crippen molar-refractivity contribution in [2.75, 3.05) is 16.4 Å². The van der Waals surface area contributed by atoms with Gasteiger partial charge < -0.3 is 15.4 Å². The third kappa shape index (κ3) is 4.36. The van der Waals surface area contributed by atoms with Crippen LogP contribution >= 0.6 is 23.4 Å². The maximum atomic E-state index is 12.3. The van der Waals surface area contributed by atoms with Crippen LogP contribution in [-0.4, -0.2) is 29.6 Å². The Hall–Kier alpha value is -2.51. The first-order valence-electron chi connectivity index (χ1n) is 7.76. The first-order valence-corrected chi connectivity index (χ1v) is 9.13. The molecule has 1 atom stereocenters. The number of fused-ring (bicyclic) bond motifs is 1. The largest absolute Gasteiger partial charge is 0.449 e. The normalized spacial score (nSPS) is 14.0. The van der Waals surface area contributed by atoms with Crippen LogP contribution in [0.5, 0.6) is 0 Å². The van der Waals surface area contributed by atoms with E-state index in [9.17, 15) is 14.4 Å². The summed E-state index contributed by atoms with van der Waals surface area (Å²) in [5.74, 6) is -0.895. The highest BCUT2D eigenvalue weighted by atomic mass is 35.5. The number of halogens is 1. The highest BCUT2D eigenvalue weighted by molar-refractivity contribution is 8.00. The van der Waals surface area contributed by atoms with Gasteiger partial charge in [-0.3, -0.25) is 9.59 Å². The maximum absolute atomic E-state index is 12.3. The van der Waals surface area contributed by atoms with Crippen LogP contribution in [0, 0.1) is 0 Å². The van der Waals surface area contributed by atoms with Crippen LogP contribution in [0.25, 0.3) is 0 Å². The fourth-order valence-corrected chi connectivity index (χ4v) is 3.28. The summed E-state index contributed by atoms with van der Waals surface area (Å²) in [4.78, 5) is 36.8. The molecule has 3 rings (SSSR count). The number of carbonyl (C=O) groups excluding carboxylic acids is 3. The van der Waals surface area contributed by atoms with Crippen molar-refractivity contribution in [2.24, 2.45) is 0 Å². The lowest BCUT2D eigenvalue weighted by Crippen LogP contribution is -2.30. The van der Waals surface area contributed by atoms with Crippen molar-refractivity contribution in [1.82, 2.24) is 0 Å². The maximum Gasteiger partial charge on any atom is 0.338 e. The van der Waals surface area contributed by atoms with Crippen LogP contribution in [0.3, 0.4) is 0 Å². The van der Waals surface area contributed by atoms with E-state index in [-0.39, 0.29) is 11.5 Å². The van der Waals surface area contributed by atoms with E-state index in [0.29, 0.717) is 22.2 Å². The summed E-state index contributed by atoms with van der Waals surface area (Å²) in [5, 5.41) is 5.83. The van der Waals surface area contributed by atoms with E-state index in [1.54, 1.807) is 42.5 Å². The summed E-state index contributed by atoms with van der Waals surface area (Å²) in [6.07, 6.45) is -0.999. The van der Waals surface area contributed by atoms with Gasteiger partial charge in [0.25, 0.3) is 5.91 Å². The zero-order valence-electron chi connectivity index (χ0n) is 13.7. The molecule has 0 radical (unpaired) electrons. The molecule has 0 fully saturated rings. The smallest absolute Gasteiger partial charge is 0.338 e. The number of benzene rings is 2. The minimum absolute atomic E-state index is 0.123. The molecule has 8 heteroatoms. The molecule has 2 aromatic rings. The van der Waals surface area contributed by atoms with Crippen molar-refractivity contribution in [2.45, 2.75) is 17.9 Å². The Morgan fingerprint density at radius 2 is 2.08 bits per heavy atom. The van der Waals surface area contributed by atoms with Crippen LogP contribution in [-0.2, 0) is 14.3 Å². The highest BCUT2D eigenvalue weighted by Crippen LogP contribution is 2.32. The number of hydrogen-bond acceptors (Lipinski definition) is 5. The summed E-state index contributed by atoms with van der Waals surface area (Å²) in [5.41, 5.74) is 1.34. The number of carbonyl (C=O) groups is 3. The molecular formula is C18H15ClN2O4S. The quantitative estimate of drug-likeness (QED) is 0.779. The molecule has 0 aromatic heterocycles. The van der Waals surface area contributed by atoms with Crippen molar-refractivity contribution < 1.29 is 19.1 Å². The predicted molar refractivity (Wildman–Crippen MR) is 101 cm³/mol. The van der Waals surface area contributed by atoms with Crippen molar-refractivity contribution in [3.63, 3.8) is 0 Å². The first-order chi connectivity index (χ1) is 12.4. The van der Waals surface area contributed by atoms with Gasteiger partial charge in [0.2, 0.25) is 5.91 Å². The van der Waals surface area contributed by atoms with Gasteiger partial charge in [-0.1, -0.05) is 17.7 Å². The fourth-order valence-electron chi connectivity index (χ4n) is 2.30. The SMILES string of the molecule is C[C@H](OC(=O)c1ccc2c(c1)NC(=O)CS2)C(=O)Nc1cccc(Cl)c1. The van der Waals surface area contributed by atoms with Gasteiger partial charge in [0.05, 0.1) is 17.0 Å². The molecule has 2 N–H and O–H groups in total. The van der Waals surface area contributed by atoms with Gasteiger partial charge in [-0.05, 0) is 43.3 Å². The monoisotopic (exact) mass is 390 g/mol. The van der Waals surface area contributed by atoms with Gasteiger partial charge in [-0.15, -0.1) is 11.8 Å². The second-order valence-electron chi connectivity index (χ2n) is 5.59. The lowest BCUT2D eigenvalue weighted by Gasteiger charge is -2.17. The van der Waals surface area contributed by atoms with Crippen molar-refractivity contribution in [3.05, 3.63) is 53.1 Å². The van der Waals surface area contributed by atoms with E-state index in [1.807, 2.05) is 0 Å². The molecular weight excluding hydrogens is 376 g/mol. The van der Waals surface area contributed by atoms with Gasteiger partial charge in [-0.25, -0.2) is 4.79 Å². The Morgan fingerprint density at radius 3 is 2.85 bits per heavy atom. The van der Waals surface area contributed by atoms with Crippen LogP contribution in [0.4, 0.5) is 11.4 Å². The van der Waals surface area contributed by atoms with E-state index in [1.165, 1.54) is 18.7 Å². The summed E-state index contributed by atoms with van der Waals surface area (Å²) in [7, 11) is 0. The van der Waals surface area contributed by atoms with Crippen LogP contribution in [0.15, 0.2) is 47.4 Å². The van der Waals surface area contributed by atoms with Gasteiger partial charge in [0.1, 0.15) is 0 Å². The fraction of sp³-hybridized carbons (Fsp3) is 0.167. The van der Waals surface area contributed by atoms with Gasteiger partial charge in [-0.2, -0.15) is 0 Å². The lowest BCUT2D eigenvalue weighted by molar-refractivity contribution is -0.123. The molecule has 0 unspecified atom stereocenters. The van der Waals surface area contributed by atoms with Crippen LogP contribution in [0.1, 0.15) is 17.3 Å². The zero-order chi connectivity index (χ0) is 18.7. The average molecular weight is 391 g/mol. The number of anilines is 2. The summed E-state index contributed by atoms with van der Waals surface area (Å²) < 4.78 is 5.22. The summed E-state index contributed by atoms with van der Waals surface area (Å²) in [6, 6.07) is 11.6. The molecule has 1 aliphatic heterocycles. The number of thioether (sulfide) groups is 1. The molecule has 1 heterocycles. The molecule has 26 heavy (non-hydrogen) atoms. The Kier molecular flexibility index (Phi) is 5.49. The third-order valence-corrected chi connectivity index (χ3v) is 4.90. The molecule has 2 aromatic carbocycles. The van der Waals surface area contributed by atoms with Gasteiger partial charge in [0, 0.05) is 15.6 Å². The van der Waals surface area contributed by atoms with Crippen LogP contribution < -0.4 is 10.6 Å². The standard InChI is InChI=1S/C18H15ClN2O4S/c1-10(17(23)20-13-4-2-3-12(19)8-13)25-18(24)11-5-6-15-14(7-11)21-16(22)9-26-15/h2-8,10H,9H2,1H3,(H,20,23)(H,21,22)/t10-/m0/s1. The molecule has 0 aliphatic carbocycles. The van der Waals surface area contributed by atoms with E-state index in [0.717, 1.165) is 4.90 Å². The Bertz CT molecular complexity index is 887. The van der Waals surface area contributed by atoms with E-state index >= 15 is 0 Å². The van der Waals surface area contributed by atoms with E-state index < -0.39 is 18.0 Å².